The SMILES string of the molecule is CCCCc1ccc(-c2ccc(CN(C(=O)C(C)(C)C)c3ccc(C(=O)O)c(O)c3)cc2)cc1. The van der Waals surface area contributed by atoms with Gasteiger partial charge in [0.15, 0.2) is 0 Å². The molecule has 0 aliphatic rings. The van der Waals surface area contributed by atoms with Crippen molar-refractivity contribution in [2.75, 3.05) is 4.90 Å². The summed E-state index contributed by atoms with van der Waals surface area (Å²) in [4.78, 5) is 26.1. The molecule has 0 fully saturated rings. The van der Waals surface area contributed by atoms with E-state index in [1.54, 1.807) is 11.0 Å². The lowest BCUT2D eigenvalue weighted by atomic mass is 9.93. The van der Waals surface area contributed by atoms with Crippen LogP contribution in [0.4, 0.5) is 5.69 Å². The average Bonchev–Trinajstić information content (AvgIpc) is 2.80. The van der Waals surface area contributed by atoms with Crippen LogP contribution in [0, 0.1) is 5.41 Å². The largest absolute Gasteiger partial charge is 0.507 e. The fraction of sp³-hybridized carbons (Fsp3) is 0.310. The van der Waals surface area contributed by atoms with E-state index in [1.807, 2.05) is 45.0 Å². The number of carbonyl (C=O) groups is 2. The van der Waals surface area contributed by atoms with Crippen molar-refractivity contribution in [2.24, 2.45) is 5.41 Å². The molecule has 0 atom stereocenters. The number of unbranched alkanes of at least 4 members (excludes halogenated alkanes) is 1. The van der Waals surface area contributed by atoms with Crippen LogP contribution in [0.2, 0.25) is 0 Å². The van der Waals surface area contributed by atoms with Crippen molar-refractivity contribution in [3.05, 3.63) is 83.4 Å². The van der Waals surface area contributed by atoms with Crippen molar-refractivity contribution < 1.29 is 19.8 Å². The van der Waals surface area contributed by atoms with E-state index < -0.39 is 11.4 Å². The van der Waals surface area contributed by atoms with Gasteiger partial charge in [0.05, 0.1) is 6.54 Å². The molecule has 0 heterocycles. The summed E-state index contributed by atoms with van der Waals surface area (Å²) in [5.41, 5.74) is 4.12. The topological polar surface area (TPSA) is 77.8 Å². The van der Waals surface area contributed by atoms with Gasteiger partial charge >= 0.3 is 5.97 Å². The maximum absolute atomic E-state index is 13.2. The van der Waals surface area contributed by atoms with Crippen LogP contribution in [0.1, 0.15) is 62.0 Å². The maximum atomic E-state index is 13.2. The Labute approximate surface area is 201 Å². The van der Waals surface area contributed by atoms with Crippen molar-refractivity contribution in [1.82, 2.24) is 0 Å². The first-order valence-electron chi connectivity index (χ1n) is 11.7. The summed E-state index contributed by atoms with van der Waals surface area (Å²) in [6, 6.07) is 20.9. The van der Waals surface area contributed by atoms with Crippen molar-refractivity contribution in [3.63, 3.8) is 0 Å². The number of phenols is 1. The molecule has 5 heteroatoms. The monoisotopic (exact) mass is 459 g/mol. The summed E-state index contributed by atoms with van der Waals surface area (Å²) in [7, 11) is 0. The molecule has 0 aromatic heterocycles. The van der Waals surface area contributed by atoms with Crippen molar-refractivity contribution >= 4 is 17.6 Å². The highest BCUT2D eigenvalue weighted by atomic mass is 16.4. The molecule has 3 aromatic rings. The smallest absolute Gasteiger partial charge is 0.339 e. The lowest BCUT2D eigenvalue weighted by molar-refractivity contribution is -0.125. The molecule has 5 nitrogen and oxygen atoms in total. The summed E-state index contributed by atoms with van der Waals surface area (Å²) < 4.78 is 0. The quantitative estimate of drug-likeness (QED) is 0.394. The van der Waals surface area contributed by atoms with E-state index in [0.29, 0.717) is 12.2 Å². The number of hydrogen-bond donors (Lipinski definition) is 2. The Morgan fingerprint density at radius 1 is 0.853 bits per heavy atom. The Bertz CT molecular complexity index is 1140. The van der Waals surface area contributed by atoms with E-state index in [-0.39, 0.29) is 17.2 Å². The van der Waals surface area contributed by atoms with Crippen LogP contribution in [0.3, 0.4) is 0 Å². The molecule has 0 spiro atoms. The van der Waals surface area contributed by atoms with Gasteiger partial charge in [-0.2, -0.15) is 0 Å². The van der Waals surface area contributed by atoms with E-state index >= 15 is 0 Å². The van der Waals surface area contributed by atoms with Gasteiger partial charge in [0.25, 0.3) is 0 Å². The molecule has 0 saturated heterocycles. The number of anilines is 1. The van der Waals surface area contributed by atoms with E-state index in [1.165, 1.54) is 30.5 Å². The second kappa shape index (κ2) is 10.6. The molecule has 0 bridgehead atoms. The number of aromatic hydroxyl groups is 1. The fourth-order valence-electron chi connectivity index (χ4n) is 3.78. The predicted molar refractivity (Wildman–Crippen MR) is 136 cm³/mol. The molecular weight excluding hydrogens is 426 g/mol. The normalized spacial score (nSPS) is 11.3. The number of benzene rings is 3. The predicted octanol–water partition coefficient (Wildman–Crippen LogP) is 6.68. The summed E-state index contributed by atoms with van der Waals surface area (Å²) in [5, 5.41) is 19.4. The molecule has 1 amide bonds. The summed E-state index contributed by atoms with van der Waals surface area (Å²) >= 11 is 0. The van der Waals surface area contributed by atoms with Gasteiger partial charge in [0.2, 0.25) is 5.91 Å². The minimum atomic E-state index is -1.22. The Balaban J connectivity index is 1.85. The highest BCUT2D eigenvalue weighted by molar-refractivity contribution is 5.98. The van der Waals surface area contributed by atoms with E-state index in [9.17, 15) is 19.8 Å². The van der Waals surface area contributed by atoms with Crippen LogP contribution in [0.25, 0.3) is 11.1 Å². The van der Waals surface area contributed by atoms with Gasteiger partial charge in [-0.15, -0.1) is 0 Å². The highest BCUT2D eigenvalue weighted by Gasteiger charge is 2.29. The fourth-order valence-corrected chi connectivity index (χ4v) is 3.78. The third kappa shape index (κ3) is 6.04. The maximum Gasteiger partial charge on any atom is 0.339 e. The van der Waals surface area contributed by atoms with Crippen molar-refractivity contribution in [3.8, 4) is 16.9 Å². The Hall–Kier alpha value is -3.60. The molecule has 2 N–H and O–H groups in total. The van der Waals surface area contributed by atoms with Crippen LogP contribution in [0.5, 0.6) is 5.75 Å². The van der Waals surface area contributed by atoms with Crippen LogP contribution >= 0.6 is 0 Å². The van der Waals surface area contributed by atoms with Gasteiger partial charge in [-0.3, -0.25) is 4.79 Å². The van der Waals surface area contributed by atoms with E-state index in [2.05, 4.69) is 31.2 Å². The number of rotatable bonds is 8. The highest BCUT2D eigenvalue weighted by Crippen LogP contribution is 2.30. The lowest BCUT2D eigenvalue weighted by Gasteiger charge is -2.30. The molecule has 3 rings (SSSR count). The summed E-state index contributed by atoms with van der Waals surface area (Å²) in [6.45, 7) is 8.00. The van der Waals surface area contributed by atoms with Crippen molar-refractivity contribution in [2.45, 2.75) is 53.5 Å². The van der Waals surface area contributed by atoms with Gasteiger partial charge in [-0.05, 0) is 47.2 Å². The van der Waals surface area contributed by atoms with Crippen LogP contribution < -0.4 is 4.90 Å². The first kappa shape index (κ1) is 25.0. The van der Waals surface area contributed by atoms with Crippen LogP contribution in [-0.2, 0) is 17.8 Å². The summed E-state index contributed by atoms with van der Waals surface area (Å²) in [5.74, 6) is -1.71. The molecule has 0 radical (unpaired) electrons. The number of nitrogens with zero attached hydrogens (tertiary/aromatic N) is 1. The standard InChI is InChI=1S/C29H33NO4/c1-5-6-7-20-8-12-22(13-9-20)23-14-10-21(11-15-23)19-30(28(34)29(2,3)4)24-16-17-25(27(32)33)26(31)18-24/h8-18,31H,5-7,19H2,1-4H3,(H,32,33). The van der Waals surface area contributed by atoms with Gasteiger partial charge in [0.1, 0.15) is 11.3 Å². The van der Waals surface area contributed by atoms with E-state index in [4.69, 9.17) is 0 Å². The zero-order valence-corrected chi connectivity index (χ0v) is 20.3. The lowest BCUT2D eigenvalue weighted by Crippen LogP contribution is -2.39. The molecule has 3 aromatic carbocycles. The first-order chi connectivity index (χ1) is 16.1. The number of carboxylic acids is 1. The number of amides is 1. The number of carbonyl (C=O) groups excluding carboxylic acids is 1. The van der Waals surface area contributed by atoms with Gasteiger partial charge in [0, 0.05) is 17.2 Å². The summed E-state index contributed by atoms with van der Waals surface area (Å²) in [6.07, 6.45) is 3.46. The Morgan fingerprint density at radius 2 is 1.41 bits per heavy atom. The Kier molecular flexibility index (Phi) is 7.77. The average molecular weight is 460 g/mol. The zero-order chi connectivity index (χ0) is 24.9. The molecule has 0 aliphatic carbocycles. The minimum Gasteiger partial charge on any atom is -0.507 e. The van der Waals surface area contributed by atoms with Gasteiger partial charge in [-0.1, -0.05) is 82.6 Å². The molecule has 0 aliphatic heterocycles. The molecule has 0 saturated carbocycles. The third-order valence-electron chi connectivity index (χ3n) is 5.81. The molecular formula is C29H33NO4. The second-order valence-electron chi connectivity index (χ2n) is 9.65. The number of hydrogen-bond acceptors (Lipinski definition) is 3. The van der Waals surface area contributed by atoms with Crippen LogP contribution in [-0.4, -0.2) is 22.1 Å². The molecule has 0 unspecified atom stereocenters. The Morgan fingerprint density at radius 3 is 1.88 bits per heavy atom. The number of aryl methyl sites for hydroxylation is 1. The van der Waals surface area contributed by atoms with E-state index in [0.717, 1.165) is 23.1 Å². The first-order valence-corrected chi connectivity index (χ1v) is 11.7. The molecule has 34 heavy (non-hydrogen) atoms. The van der Waals surface area contributed by atoms with Gasteiger partial charge < -0.3 is 15.1 Å². The zero-order valence-electron chi connectivity index (χ0n) is 20.3. The second-order valence-corrected chi connectivity index (χ2v) is 9.65. The molecule has 178 valence electrons. The van der Waals surface area contributed by atoms with Crippen LogP contribution in [0.15, 0.2) is 66.7 Å². The minimum absolute atomic E-state index is 0.123. The number of carboxylic acid groups (broad SMARTS) is 1. The van der Waals surface area contributed by atoms with Crippen molar-refractivity contribution in [1.29, 1.82) is 0 Å². The van der Waals surface area contributed by atoms with Gasteiger partial charge in [-0.25, -0.2) is 4.79 Å². The number of aromatic carboxylic acids is 1. The third-order valence-corrected chi connectivity index (χ3v) is 5.81.